The molecule has 0 saturated carbocycles. The molecule has 0 spiro atoms. The summed E-state index contributed by atoms with van der Waals surface area (Å²) in [4.78, 5) is 8.35. The van der Waals surface area contributed by atoms with Gasteiger partial charge in [-0.15, -0.1) is 6.42 Å². The Bertz CT molecular complexity index is 336. The van der Waals surface area contributed by atoms with Gasteiger partial charge in [0.05, 0.1) is 0 Å². The van der Waals surface area contributed by atoms with Gasteiger partial charge in [-0.3, -0.25) is 0 Å². The molecule has 1 heterocycles. The van der Waals surface area contributed by atoms with Gasteiger partial charge in [0.1, 0.15) is 0 Å². The lowest BCUT2D eigenvalue weighted by Gasteiger charge is -2.13. The predicted octanol–water partition coefficient (Wildman–Crippen LogP) is 1.34. The van der Waals surface area contributed by atoms with Crippen LogP contribution in [0.3, 0.4) is 0 Å². The van der Waals surface area contributed by atoms with Crippen LogP contribution in [0.4, 0.5) is 0 Å². The van der Waals surface area contributed by atoms with Crippen LogP contribution in [-0.2, 0) is 12.8 Å². The van der Waals surface area contributed by atoms with Gasteiger partial charge in [-0.1, -0.05) is 0 Å². The Balaban J connectivity index is 2.44. The lowest BCUT2D eigenvalue weighted by atomic mass is 9.98. The number of rotatable bonds is 0. The summed E-state index contributed by atoms with van der Waals surface area (Å²) in [5, 5.41) is 0. The van der Waals surface area contributed by atoms with Crippen molar-refractivity contribution >= 4 is 0 Å². The second-order valence-electron chi connectivity index (χ2n) is 3.02. The molecule has 0 radical (unpaired) electrons. The van der Waals surface area contributed by atoms with Crippen LogP contribution >= 0.6 is 0 Å². The Morgan fingerprint density at radius 2 is 2.17 bits per heavy atom. The molecule has 0 unspecified atom stereocenters. The van der Waals surface area contributed by atoms with Crippen molar-refractivity contribution in [3.8, 4) is 12.3 Å². The molecule has 0 saturated heterocycles. The van der Waals surface area contributed by atoms with Crippen LogP contribution in [0, 0.1) is 12.3 Å². The van der Waals surface area contributed by atoms with Crippen molar-refractivity contribution in [1.29, 1.82) is 0 Å². The van der Waals surface area contributed by atoms with Crippen LogP contribution in [0.15, 0.2) is 6.20 Å². The summed E-state index contributed by atoms with van der Waals surface area (Å²) in [7, 11) is 0. The summed E-state index contributed by atoms with van der Waals surface area (Å²) in [6, 6.07) is 0. The van der Waals surface area contributed by atoms with E-state index < -0.39 is 0 Å². The lowest BCUT2D eigenvalue weighted by molar-refractivity contribution is 0.660. The topological polar surface area (TPSA) is 25.8 Å². The van der Waals surface area contributed by atoms with E-state index in [1.807, 2.05) is 6.20 Å². The third kappa shape index (κ3) is 1.18. The second kappa shape index (κ2) is 2.94. The molecular weight excluding hydrogens is 148 g/mol. The van der Waals surface area contributed by atoms with Crippen LogP contribution in [0.5, 0.6) is 0 Å². The molecule has 2 rings (SSSR count). The number of nitrogens with zero attached hydrogens (tertiary/aromatic N) is 2. The highest BCUT2D eigenvalue weighted by Crippen LogP contribution is 2.17. The molecule has 12 heavy (non-hydrogen) atoms. The van der Waals surface area contributed by atoms with Gasteiger partial charge in [0.15, 0.2) is 0 Å². The SMILES string of the molecule is C#Cc1ncc2c(n1)CCCC2. The normalized spacial score (nSPS) is 14.9. The third-order valence-electron chi connectivity index (χ3n) is 2.19. The molecule has 1 aromatic heterocycles. The van der Waals surface area contributed by atoms with E-state index in [4.69, 9.17) is 6.42 Å². The molecule has 0 aromatic carbocycles. The van der Waals surface area contributed by atoms with Gasteiger partial charge in [0.2, 0.25) is 5.82 Å². The number of hydrogen-bond acceptors (Lipinski definition) is 2. The summed E-state index contributed by atoms with van der Waals surface area (Å²) in [5.74, 6) is 2.98. The molecule has 1 aromatic rings. The minimum Gasteiger partial charge on any atom is -0.229 e. The number of terminal acetylenes is 1. The van der Waals surface area contributed by atoms with E-state index >= 15 is 0 Å². The van der Waals surface area contributed by atoms with Crippen molar-refractivity contribution in [2.45, 2.75) is 25.7 Å². The maximum absolute atomic E-state index is 5.21. The predicted molar refractivity (Wildman–Crippen MR) is 46.6 cm³/mol. The highest BCUT2D eigenvalue weighted by atomic mass is 14.9. The number of aromatic nitrogens is 2. The zero-order chi connectivity index (χ0) is 8.39. The molecule has 0 aliphatic heterocycles. The fourth-order valence-electron chi connectivity index (χ4n) is 1.54. The monoisotopic (exact) mass is 158 g/mol. The highest BCUT2D eigenvalue weighted by Gasteiger charge is 2.10. The zero-order valence-electron chi connectivity index (χ0n) is 6.88. The summed E-state index contributed by atoms with van der Waals surface area (Å²) in [5.41, 5.74) is 2.43. The van der Waals surface area contributed by atoms with Crippen LogP contribution in [0.1, 0.15) is 29.9 Å². The number of hydrogen-bond donors (Lipinski definition) is 0. The lowest BCUT2D eigenvalue weighted by Crippen LogP contribution is -2.07. The Hall–Kier alpha value is -1.36. The number of fused-ring (bicyclic) bond motifs is 1. The van der Waals surface area contributed by atoms with Crippen LogP contribution in [0.2, 0.25) is 0 Å². The molecule has 60 valence electrons. The molecular formula is C10H10N2. The standard InChI is InChI=1S/C10H10N2/c1-2-10-11-7-8-5-3-4-6-9(8)12-10/h1,7H,3-6H2. The minimum absolute atomic E-state index is 0.524. The summed E-state index contributed by atoms with van der Waals surface area (Å²) in [6.45, 7) is 0. The van der Waals surface area contributed by atoms with E-state index in [1.54, 1.807) is 0 Å². The third-order valence-corrected chi connectivity index (χ3v) is 2.19. The van der Waals surface area contributed by atoms with E-state index in [0.29, 0.717) is 5.82 Å². The van der Waals surface area contributed by atoms with Crippen molar-refractivity contribution in [1.82, 2.24) is 9.97 Å². The molecule has 0 N–H and O–H groups in total. The highest BCUT2D eigenvalue weighted by molar-refractivity contribution is 5.25. The Kier molecular flexibility index (Phi) is 1.79. The first kappa shape index (κ1) is 7.30. The van der Waals surface area contributed by atoms with E-state index in [2.05, 4.69) is 15.9 Å². The first-order valence-corrected chi connectivity index (χ1v) is 4.21. The smallest absolute Gasteiger partial charge is 0.204 e. The zero-order valence-corrected chi connectivity index (χ0v) is 6.88. The largest absolute Gasteiger partial charge is 0.229 e. The summed E-state index contributed by atoms with van der Waals surface area (Å²) in [6.07, 6.45) is 11.7. The average molecular weight is 158 g/mol. The molecule has 0 fully saturated rings. The maximum Gasteiger partial charge on any atom is 0.204 e. The number of aryl methyl sites for hydroxylation is 2. The molecule has 0 bridgehead atoms. The van der Waals surface area contributed by atoms with Crippen LogP contribution in [-0.4, -0.2) is 9.97 Å². The summed E-state index contributed by atoms with van der Waals surface area (Å²) < 4.78 is 0. The van der Waals surface area contributed by atoms with Gasteiger partial charge >= 0.3 is 0 Å². The van der Waals surface area contributed by atoms with Gasteiger partial charge in [-0.2, -0.15) is 0 Å². The molecule has 1 aliphatic carbocycles. The van der Waals surface area contributed by atoms with Crippen molar-refractivity contribution in [3.63, 3.8) is 0 Å². The van der Waals surface area contributed by atoms with E-state index in [-0.39, 0.29) is 0 Å². The molecule has 0 atom stereocenters. The van der Waals surface area contributed by atoms with E-state index in [1.165, 1.54) is 18.4 Å². The van der Waals surface area contributed by atoms with Crippen molar-refractivity contribution < 1.29 is 0 Å². The minimum atomic E-state index is 0.524. The summed E-state index contributed by atoms with van der Waals surface area (Å²) >= 11 is 0. The molecule has 0 amide bonds. The van der Waals surface area contributed by atoms with Gasteiger partial charge in [0, 0.05) is 11.9 Å². The Morgan fingerprint density at radius 3 is 3.00 bits per heavy atom. The van der Waals surface area contributed by atoms with Crippen molar-refractivity contribution in [2.24, 2.45) is 0 Å². The Morgan fingerprint density at radius 1 is 1.33 bits per heavy atom. The van der Waals surface area contributed by atoms with E-state index in [0.717, 1.165) is 18.5 Å². The fourth-order valence-corrected chi connectivity index (χ4v) is 1.54. The van der Waals surface area contributed by atoms with E-state index in [9.17, 15) is 0 Å². The fraction of sp³-hybridized carbons (Fsp3) is 0.400. The second-order valence-corrected chi connectivity index (χ2v) is 3.02. The molecule has 1 aliphatic rings. The van der Waals surface area contributed by atoms with Crippen molar-refractivity contribution in [3.05, 3.63) is 23.3 Å². The van der Waals surface area contributed by atoms with Crippen LogP contribution < -0.4 is 0 Å². The first-order chi connectivity index (χ1) is 5.90. The van der Waals surface area contributed by atoms with Gasteiger partial charge < -0.3 is 0 Å². The molecule has 2 heteroatoms. The Labute approximate surface area is 72.1 Å². The first-order valence-electron chi connectivity index (χ1n) is 4.21. The maximum atomic E-state index is 5.21. The molecule has 2 nitrogen and oxygen atoms in total. The quantitative estimate of drug-likeness (QED) is 0.532. The van der Waals surface area contributed by atoms with Crippen LogP contribution in [0.25, 0.3) is 0 Å². The van der Waals surface area contributed by atoms with Gasteiger partial charge in [-0.05, 0) is 37.2 Å². The van der Waals surface area contributed by atoms with Gasteiger partial charge in [-0.25, -0.2) is 9.97 Å². The van der Waals surface area contributed by atoms with Gasteiger partial charge in [0.25, 0.3) is 0 Å². The average Bonchev–Trinajstić information content (AvgIpc) is 2.17. The van der Waals surface area contributed by atoms with Crippen molar-refractivity contribution in [2.75, 3.05) is 0 Å².